The SMILES string of the molecule is C[C@H]1C(=O)N(CN2CC=C(c3ccccc3)CC2)C(=O)N1c1ccccc1. The summed E-state index contributed by atoms with van der Waals surface area (Å²) in [6.07, 6.45) is 3.11. The monoisotopic (exact) mass is 361 g/mol. The molecule has 5 heteroatoms. The van der Waals surface area contributed by atoms with Crippen LogP contribution in [-0.4, -0.2) is 47.5 Å². The molecular formula is C22H23N3O2. The van der Waals surface area contributed by atoms with Gasteiger partial charge in [0.05, 0.1) is 6.67 Å². The molecule has 2 aromatic rings. The largest absolute Gasteiger partial charge is 0.333 e. The first kappa shape index (κ1) is 17.5. The molecule has 1 saturated heterocycles. The molecule has 0 unspecified atom stereocenters. The molecule has 4 rings (SSSR count). The summed E-state index contributed by atoms with van der Waals surface area (Å²) < 4.78 is 0. The quantitative estimate of drug-likeness (QED) is 0.782. The predicted octanol–water partition coefficient (Wildman–Crippen LogP) is 3.59. The Morgan fingerprint density at radius 2 is 1.63 bits per heavy atom. The van der Waals surface area contributed by atoms with Crippen LogP contribution < -0.4 is 4.90 Å². The Morgan fingerprint density at radius 1 is 0.963 bits per heavy atom. The Kier molecular flexibility index (Phi) is 4.77. The Hall–Kier alpha value is -2.92. The zero-order chi connectivity index (χ0) is 18.8. The van der Waals surface area contributed by atoms with E-state index < -0.39 is 6.04 Å². The highest BCUT2D eigenvalue weighted by Gasteiger charge is 2.43. The number of para-hydroxylation sites is 1. The third-order valence-corrected chi connectivity index (χ3v) is 5.26. The topological polar surface area (TPSA) is 43.9 Å². The van der Waals surface area contributed by atoms with Gasteiger partial charge < -0.3 is 0 Å². The number of amides is 3. The molecule has 0 spiro atoms. The molecule has 2 aliphatic heterocycles. The van der Waals surface area contributed by atoms with E-state index in [9.17, 15) is 9.59 Å². The summed E-state index contributed by atoms with van der Waals surface area (Å²) in [5.41, 5.74) is 3.33. The fraction of sp³-hybridized carbons (Fsp3) is 0.273. The van der Waals surface area contributed by atoms with Crippen molar-refractivity contribution >= 4 is 23.2 Å². The van der Waals surface area contributed by atoms with E-state index in [2.05, 4.69) is 23.1 Å². The number of carbonyl (C=O) groups excluding carboxylic acids is 2. The second-order valence-corrected chi connectivity index (χ2v) is 6.99. The van der Waals surface area contributed by atoms with Gasteiger partial charge in [0.1, 0.15) is 6.04 Å². The van der Waals surface area contributed by atoms with E-state index in [1.165, 1.54) is 16.0 Å². The van der Waals surface area contributed by atoms with Crippen molar-refractivity contribution < 1.29 is 9.59 Å². The van der Waals surface area contributed by atoms with Crippen LogP contribution in [0.2, 0.25) is 0 Å². The van der Waals surface area contributed by atoms with Gasteiger partial charge in [-0.15, -0.1) is 0 Å². The maximum Gasteiger partial charge on any atom is 0.333 e. The van der Waals surface area contributed by atoms with Crippen LogP contribution in [0, 0.1) is 0 Å². The zero-order valence-electron chi connectivity index (χ0n) is 15.4. The molecule has 0 N–H and O–H groups in total. The molecule has 0 bridgehead atoms. The molecule has 0 saturated carbocycles. The first-order chi connectivity index (χ1) is 13.1. The van der Waals surface area contributed by atoms with Gasteiger partial charge in [-0.1, -0.05) is 54.6 Å². The molecule has 2 aromatic carbocycles. The number of benzene rings is 2. The lowest BCUT2D eigenvalue weighted by Crippen LogP contribution is -2.43. The number of carbonyl (C=O) groups is 2. The molecule has 2 aliphatic rings. The van der Waals surface area contributed by atoms with E-state index in [4.69, 9.17) is 0 Å². The fourth-order valence-electron chi connectivity index (χ4n) is 3.73. The minimum atomic E-state index is -0.472. The number of nitrogens with zero attached hydrogens (tertiary/aromatic N) is 3. The van der Waals surface area contributed by atoms with Crippen molar-refractivity contribution in [2.24, 2.45) is 0 Å². The van der Waals surface area contributed by atoms with Crippen LogP contribution in [0.25, 0.3) is 5.57 Å². The molecule has 0 aromatic heterocycles. The average molecular weight is 361 g/mol. The summed E-state index contributed by atoms with van der Waals surface area (Å²) in [6.45, 7) is 3.69. The standard InChI is InChI=1S/C22H23N3O2/c1-17-21(26)24(22(27)25(17)20-10-6-3-7-11-20)16-23-14-12-19(13-15-23)18-8-4-2-5-9-18/h2-12,17H,13-16H2,1H3/t17-/m0/s1. The summed E-state index contributed by atoms with van der Waals surface area (Å²) in [6, 6.07) is 19.0. The summed E-state index contributed by atoms with van der Waals surface area (Å²) in [5.74, 6) is -0.137. The molecule has 5 nitrogen and oxygen atoms in total. The maximum atomic E-state index is 12.9. The number of hydrogen-bond acceptors (Lipinski definition) is 3. The Bertz CT molecular complexity index is 864. The van der Waals surface area contributed by atoms with Gasteiger partial charge in [-0.2, -0.15) is 0 Å². The van der Waals surface area contributed by atoms with Gasteiger partial charge in [0, 0.05) is 18.8 Å². The van der Waals surface area contributed by atoms with Crippen molar-refractivity contribution in [2.75, 3.05) is 24.7 Å². The van der Waals surface area contributed by atoms with Crippen LogP contribution in [0.15, 0.2) is 66.7 Å². The molecule has 3 amide bonds. The first-order valence-electron chi connectivity index (χ1n) is 9.31. The molecule has 0 aliphatic carbocycles. The van der Waals surface area contributed by atoms with Crippen LogP contribution in [0.5, 0.6) is 0 Å². The smallest absolute Gasteiger partial charge is 0.282 e. The van der Waals surface area contributed by atoms with Crippen LogP contribution >= 0.6 is 0 Å². The van der Waals surface area contributed by atoms with Crippen molar-refractivity contribution in [3.8, 4) is 0 Å². The van der Waals surface area contributed by atoms with Crippen molar-refractivity contribution in [1.82, 2.24) is 9.80 Å². The molecule has 2 heterocycles. The second-order valence-electron chi connectivity index (χ2n) is 6.99. The minimum Gasteiger partial charge on any atom is -0.282 e. The third-order valence-electron chi connectivity index (χ3n) is 5.26. The number of hydrogen-bond donors (Lipinski definition) is 0. The Labute approximate surface area is 159 Å². The van der Waals surface area contributed by atoms with Crippen LogP contribution in [0.3, 0.4) is 0 Å². The summed E-state index contributed by atoms with van der Waals surface area (Å²) >= 11 is 0. The third kappa shape index (κ3) is 3.38. The molecular weight excluding hydrogens is 338 g/mol. The molecule has 27 heavy (non-hydrogen) atoms. The van der Waals surface area contributed by atoms with Gasteiger partial charge in [-0.3, -0.25) is 14.6 Å². The Morgan fingerprint density at radius 3 is 2.26 bits per heavy atom. The number of urea groups is 1. The van der Waals surface area contributed by atoms with Crippen LogP contribution in [-0.2, 0) is 4.79 Å². The van der Waals surface area contributed by atoms with Gasteiger partial charge in [0.2, 0.25) is 0 Å². The molecule has 138 valence electrons. The van der Waals surface area contributed by atoms with E-state index >= 15 is 0 Å². The maximum absolute atomic E-state index is 12.9. The molecule has 1 atom stereocenters. The summed E-state index contributed by atoms with van der Waals surface area (Å²) in [5, 5.41) is 0. The number of imide groups is 1. The Balaban J connectivity index is 1.45. The van der Waals surface area contributed by atoms with Crippen LogP contribution in [0.4, 0.5) is 10.5 Å². The highest BCUT2D eigenvalue weighted by atomic mass is 16.2. The fourth-order valence-corrected chi connectivity index (χ4v) is 3.73. The van der Waals surface area contributed by atoms with Crippen molar-refractivity contribution in [3.63, 3.8) is 0 Å². The van der Waals surface area contributed by atoms with Gasteiger partial charge in [0.25, 0.3) is 5.91 Å². The first-order valence-corrected chi connectivity index (χ1v) is 9.31. The lowest BCUT2D eigenvalue weighted by molar-refractivity contribution is -0.128. The normalized spacial score (nSPS) is 20.9. The average Bonchev–Trinajstić information content (AvgIpc) is 2.93. The lowest BCUT2D eigenvalue weighted by Gasteiger charge is -2.29. The second kappa shape index (κ2) is 7.37. The van der Waals surface area contributed by atoms with Crippen molar-refractivity contribution in [1.29, 1.82) is 0 Å². The van der Waals surface area contributed by atoms with E-state index in [1.54, 1.807) is 11.8 Å². The van der Waals surface area contributed by atoms with E-state index in [-0.39, 0.29) is 11.9 Å². The summed E-state index contributed by atoms with van der Waals surface area (Å²) in [4.78, 5) is 30.7. The lowest BCUT2D eigenvalue weighted by atomic mass is 10.00. The van der Waals surface area contributed by atoms with E-state index in [0.29, 0.717) is 6.67 Å². The zero-order valence-corrected chi connectivity index (χ0v) is 15.4. The van der Waals surface area contributed by atoms with Crippen molar-refractivity contribution in [2.45, 2.75) is 19.4 Å². The highest BCUT2D eigenvalue weighted by Crippen LogP contribution is 2.27. The minimum absolute atomic E-state index is 0.137. The predicted molar refractivity (Wildman–Crippen MR) is 106 cm³/mol. The van der Waals surface area contributed by atoms with Crippen LogP contribution in [0.1, 0.15) is 18.9 Å². The summed E-state index contributed by atoms with van der Waals surface area (Å²) in [7, 11) is 0. The van der Waals surface area contributed by atoms with Gasteiger partial charge in [-0.25, -0.2) is 9.69 Å². The van der Waals surface area contributed by atoms with Gasteiger partial charge in [-0.05, 0) is 36.6 Å². The van der Waals surface area contributed by atoms with Crippen molar-refractivity contribution in [3.05, 3.63) is 72.3 Å². The number of anilines is 1. The number of rotatable bonds is 4. The van der Waals surface area contributed by atoms with E-state index in [1.807, 2.05) is 48.5 Å². The highest BCUT2D eigenvalue weighted by molar-refractivity contribution is 6.14. The van der Waals surface area contributed by atoms with Gasteiger partial charge >= 0.3 is 6.03 Å². The molecule has 0 radical (unpaired) electrons. The van der Waals surface area contributed by atoms with E-state index in [0.717, 1.165) is 25.2 Å². The van der Waals surface area contributed by atoms with Gasteiger partial charge in [0.15, 0.2) is 0 Å². The molecule has 1 fully saturated rings.